The standard InChI is InChI=1S/C41H41Cl2N7O4/c1-40(17-5-6-18-40)21-34-41(23-50(32-16-14-27(42)20-29(32)41)22-24-9-11-25(12-10-24)37-46-48-49-47-37)35(28-7-3-4-8-30(28)43)36(45-34)38(51)44-31-15-13-26(39(52)53)19-33(31)54-2/h3-4,7-16,19-20,34-36,45H,5-6,17-18,21-23H2,1-2H3,(H,44,51)(H,52,53)(H,46,47,48,49)/t34?,35-,36+,41-/m0/s1. The molecule has 4 N–H and O–H groups in total. The number of nitrogens with zero attached hydrogens (tertiary/aromatic N) is 4. The number of hydrogen-bond acceptors (Lipinski definition) is 8. The second-order valence-electron chi connectivity index (χ2n) is 15.1. The number of hydrogen-bond donors (Lipinski definition) is 4. The van der Waals surface area contributed by atoms with Crippen LogP contribution in [0.15, 0.2) is 84.9 Å². The van der Waals surface area contributed by atoms with Gasteiger partial charge in [-0.25, -0.2) is 4.79 Å². The van der Waals surface area contributed by atoms with Gasteiger partial charge < -0.3 is 25.4 Å². The first kappa shape index (κ1) is 36.0. The fraction of sp³-hybridized carbons (Fsp3) is 0.341. The van der Waals surface area contributed by atoms with E-state index in [-0.39, 0.29) is 28.7 Å². The molecule has 2 fully saturated rings. The molecule has 11 nitrogen and oxygen atoms in total. The Hall–Kier alpha value is -4.97. The van der Waals surface area contributed by atoms with Crippen molar-refractivity contribution in [3.8, 4) is 17.1 Å². The summed E-state index contributed by atoms with van der Waals surface area (Å²) in [6.07, 6.45) is 5.43. The lowest BCUT2D eigenvalue weighted by Crippen LogP contribution is -2.48. The molecular weight excluding hydrogens is 725 g/mol. The minimum atomic E-state index is -1.08. The lowest BCUT2D eigenvalue weighted by molar-refractivity contribution is -0.118. The van der Waals surface area contributed by atoms with Crippen LogP contribution in [0, 0.1) is 5.41 Å². The molecule has 1 amide bonds. The highest BCUT2D eigenvalue weighted by Gasteiger charge is 2.63. The highest BCUT2D eigenvalue weighted by molar-refractivity contribution is 6.31. The molecule has 1 saturated heterocycles. The first-order valence-corrected chi connectivity index (χ1v) is 18.9. The highest BCUT2D eigenvalue weighted by atomic mass is 35.5. The number of aromatic amines is 1. The SMILES string of the molecule is COc1cc(C(=O)O)ccc1NC(=O)[C@@H]1NC(CC2(C)CCCC2)[C@@]2(CN(Cc3ccc(-c4nn[nH]n4)cc3)c3ccc(Cl)cc32)[C@H]1c1ccccc1Cl. The van der Waals surface area contributed by atoms with Gasteiger partial charge in [-0.15, -0.1) is 10.2 Å². The Morgan fingerprint density at radius 3 is 2.50 bits per heavy atom. The number of ether oxygens (including phenoxy) is 1. The number of methoxy groups -OCH3 is 1. The second-order valence-corrected chi connectivity index (χ2v) is 16.0. The molecular formula is C41H41Cl2N7O4. The monoisotopic (exact) mass is 765 g/mol. The van der Waals surface area contributed by atoms with Crippen LogP contribution >= 0.6 is 23.2 Å². The second kappa shape index (κ2) is 14.4. The molecule has 8 rings (SSSR count). The summed E-state index contributed by atoms with van der Waals surface area (Å²) in [5, 5.41) is 32.3. The predicted octanol–water partition coefficient (Wildman–Crippen LogP) is 7.87. The van der Waals surface area contributed by atoms with Crippen molar-refractivity contribution >= 4 is 46.5 Å². The van der Waals surface area contributed by atoms with E-state index >= 15 is 0 Å². The summed E-state index contributed by atoms with van der Waals surface area (Å²) < 4.78 is 5.55. The van der Waals surface area contributed by atoms with E-state index in [2.05, 4.69) is 67.3 Å². The lowest BCUT2D eigenvalue weighted by Gasteiger charge is -2.41. The van der Waals surface area contributed by atoms with Crippen molar-refractivity contribution in [2.45, 2.75) is 69.0 Å². The zero-order valence-electron chi connectivity index (χ0n) is 30.0. The van der Waals surface area contributed by atoms with Gasteiger partial charge in [-0.3, -0.25) is 4.79 Å². The Bertz CT molecular complexity index is 2190. The third-order valence-corrected chi connectivity index (χ3v) is 12.4. The van der Waals surface area contributed by atoms with Gasteiger partial charge in [-0.1, -0.05) is 85.4 Å². The number of H-pyrrole nitrogens is 1. The average Bonchev–Trinajstić information content (AvgIpc) is 3.97. The van der Waals surface area contributed by atoms with Gasteiger partial charge in [0.15, 0.2) is 0 Å². The average molecular weight is 767 g/mol. The van der Waals surface area contributed by atoms with Gasteiger partial charge in [0, 0.05) is 51.8 Å². The van der Waals surface area contributed by atoms with Crippen LogP contribution < -0.4 is 20.3 Å². The van der Waals surface area contributed by atoms with E-state index in [1.165, 1.54) is 32.1 Å². The molecule has 1 spiro atoms. The van der Waals surface area contributed by atoms with Crippen molar-refractivity contribution in [2.24, 2.45) is 5.41 Å². The summed E-state index contributed by atoms with van der Waals surface area (Å²) in [7, 11) is 1.46. The largest absolute Gasteiger partial charge is 0.495 e. The zero-order valence-corrected chi connectivity index (χ0v) is 31.5. The lowest BCUT2D eigenvalue weighted by atomic mass is 9.62. The summed E-state index contributed by atoms with van der Waals surface area (Å²) in [5.41, 5.74) is 4.88. The molecule has 1 saturated carbocycles. The number of aromatic nitrogens is 4. The summed E-state index contributed by atoms with van der Waals surface area (Å²) in [5.74, 6) is -0.968. The highest BCUT2D eigenvalue weighted by Crippen LogP contribution is 2.60. The van der Waals surface area contributed by atoms with E-state index in [1.54, 1.807) is 6.07 Å². The minimum Gasteiger partial charge on any atom is -0.495 e. The van der Waals surface area contributed by atoms with Crippen LogP contribution in [0.3, 0.4) is 0 Å². The first-order chi connectivity index (χ1) is 26.1. The van der Waals surface area contributed by atoms with Crippen molar-refractivity contribution in [1.29, 1.82) is 0 Å². The Labute approximate surface area is 323 Å². The van der Waals surface area contributed by atoms with E-state index < -0.39 is 23.3 Å². The first-order valence-electron chi connectivity index (χ1n) is 18.2. The molecule has 13 heteroatoms. The maximum Gasteiger partial charge on any atom is 0.335 e. The number of nitrogens with one attached hydrogen (secondary N) is 3. The van der Waals surface area contributed by atoms with Crippen LogP contribution in [-0.4, -0.2) is 63.3 Å². The van der Waals surface area contributed by atoms with Crippen molar-refractivity contribution in [2.75, 3.05) is 23.9 Å². The summed E-state index contributed by atoms with van der Waals surface area (Å²) >= 11 is 14.0. The molecule has 4 aromatic carbocycles. The molecule has 1 aromatic heterocycles. The van der Waals surface area contributed by atoms with Crippen LogP contribution in [0.4, 0.5) is 11.4 Å². The molecule has 4 atom stereocenters. The number of tetrazole rings is 1. The number of carboxylic acids is 1. The van der Waals surface area contributed by atoms with Gasteiger partial charge in [-0.2, -0.15) is 5.21 Å². The minimum absolute atomic E-state index is 0.0607. The fourth-order valence-electron chi connectivity index (χ4n) is 9.30. The predicted molar refractivity (Wildman–Crippen MR) is 208 cm³/mol. The molecule has 5 aromatic rings. The van der Waals surface area contributed by atoms with Gasteiger partial charge in [0.25, 0.3) is 0 Å². The summed E-state index contributed by atoms with van der Waals surface area (Å²) in [6.45, 7) is 3.60. The summed E-state index contributed by atoms with van der Waals surface area (Å²) in [4.78, 5) is 29.0. The zero-order chi connectivity index (χ0) is 37.6. The van der Waals surface area contributed by atoms with E-state index in [0.29, 0.717) is 34.6 Å². The number of carboxylic acid groups (broad SMARTS) is 1. The van der Waals surface area contributed by atoms with Crippen LogP contribution in [0.2, 0.25) is 10.0 Å². The van der Waals surface area contributed by atoms with Gasteiger partial charge in [0.2, 0.25) is 11.7 Å². The number of carbonyl (C=O) groups is 2. The van der Waals surface area contributed by atoms with E-state index in [9.17, 15) is 14.7 Å². The third kappa shape index (κ3) is 6.48. The molecule has 54 heavy (non-hydrogen) atoms. The van der Waals surface area contributed by atoms with Gasteiger partial charge in [0.1, 0.15) is 5.75 Å². The van der Waals surface area contributed by atoms with Crippen LogP contribution in [0.5, 0.6) is 5.75 Å². The van der Waals surface area contributed by atoms with Crippen LogP contribution in [-0.2, 0) is 16.8 Å². The number of halogens is 2. The van der Waals surface area contributed by atoms with Gasteiger partial charge in [0.05, 0.1) is 24.4 Å². The van der Waals surface area contributed by atoms with Crippen LogP contribution in [0.25, 0.3) is 11.4 Å². The Morgan fingerprint density at radius 2 is 1.80 bits per heavy atom. The van der Waals surface area contributed by atoms with E-state index in [1.807, 2.05) is 42.5 Å². The smallest absolute Gasteiger partial charge is 0.335 e. The van der Waals surface area contributed by atoms with Gasteiger partial charge in [-0.05, 0) is 89.0 Å². The molecule has 0 radical (unpaired) electrons. The number of carbonyl (C=O) groups excluding carboxylic acids is 1. The summed E-state index contributed by atoms with van der Waals surface area (Å²) in [6, 6.07) is 25.7. The van der Waals surface area contributed by atoms with E-state index in [4.69, 9.17) is 27.9 Å². The molecule has 278 valence electrons. The van der Waals surface area contributed by atoms with Crippen molar-refractivity contribution in [1.82, 2.24) is 25.9 Å². The normalized spacial score (nSPS) is 22.7. The van der Waals surface area contributed by atoms with Crippen molar-refractivity contribution in [3.63, 3.8) is 0 Å². The molecule has 1 unspecified atom stereocenters. The maximum atomic E-state index is 14.8. The van der Waals surface area contributed by atoms with Gasteiger partial charge >= 0.3 is 5.97 Å². The number of anilines is 2. The topological polar surface area (TPSA) is 145 Å². The number of aromatic carboxylic acids is 1. The van der Waals surface area contributed by atoms with Crippen molar-refractivity contribution in [3.05, 3.63) is 117 Å². The van der Waals surface area contributed by atoms with Crippen LogP contribution in [0.1, 0.15) is 72.0 Å². The third-order valence-electron chi connectivity index (χ3n) is 11.8. The molecule has 3 heterocycles. The number of amides is 1. The van der Waals surface area contributed by atoms with E-state index in [0.717, 1.165) is 47.2 Å². The number of rotatable bonds is 10. The number of fused-ring (bicyclic) bond motifs is 2. The fourth-order valence-corrected chi connectivity index (χ4v) is 9.73. The van der Waals surface area contributed by atoms with Crippen molar-refractivity contribution < 1.29 is 19.4 Å². The Balaban J connectivity index is 1.24. The molecule has 1 aliphatic carbocycles. The maximum absolute atomic E-state index is 14.8. The quantitative estimate of drug-likeness (QED) is 0.112. The molecule has 2 aliphatic heterocycles. The number of benzene rings is 4. The molecule has 3 aliphatic rings. The molecule has 0 bridgehead atoms. The Kier molecular flexibility index (Phi) is 9.58. The Morgan fingerprint density at radius 1 is 1.02 bits per heavy atom.